The number of rotatable bonds is 5. The second kappa shape index (κ2) is 7.89. The molecule has 0 aliphatic heterocycles. The Balaban J connectivity index is 1.70. The zero-order valence-corrected chi connectivity index (χ0v) is 17.3. The molecule has 4 nitrogen and oxygen atoms in total. The molecule has 0 unspecified atom stereocenters. The highest BCUT2D eigenvalue weighted by molar-refractivity contribution is 9.10. The molecule has 7 heteroatoms. The predicted molar refractivity (Wildman–Crippen MR) is 114 cm³/mol. The van der Waals surface area contributed by atoms with Crippen molar-refractivity contribution in [3.8, 4) is 0 Å². The fourth-order valence-electron chi connectivity index (χ4n) is 2.90. The maximum atomic E-state index is 6.34. The van der Waals surface area contributed by atoms with Crippen LogP contribution in [0.1, 0.15) is 16.8 Å². The number of aromatic nitrogens is 3. The van der Waals surface area contributed by atoms with Gasteiger partial charge >= 0.3 is 0 Å². The van der Waals surface area contributed by atoms with E-state index in [1.165, 1.54) is 0 Å². The molecule has 0 aliphatic carbocycles. The van der Waals surface area contributed by atoms with Crippen molar-refractivity contribution >= 4 is 50.6 Å². The Morgan fingerprint density at radius 1 is 1.07 bits per heavy atom. The van der Waals surface area contributed by atoms with Crippen LogP contribution in [0.5, 0.6) is 0 Å². The van der Waals surface area contributed by atoms with Gasteiger partial charge in [0.25, 0.3) is 0 Å². The van der Waals surface area contributed by atoms with Crippen molar-refractivity contribution in [3.05, 3.63) is 92.4 Å². The number of nitrogens with zero attached hydrogens (tertiary/aromatic N) is 3. The van der Waals surface area contributed by atoms with E-state index in [9.17, 15) is 0 Å². The fraction of sp³-hybridized carbons (Fsp3) is 0.100. The maximum Gasteiger partial charge on any atom is 0.152 e. The number of hydrogen-bond donors (Lipinski definition) is 1. The van der Waals surface area contributed by atoms with Gasteiger partial charge in [-0.1, -0.05) is 35.3 Å². The van der Waals surface area contributed by atoms with Gasteiger partial charge in [0.05, 0.1) is 10.2 Å². The molecule has 4 aromatic rings. The van der Waals surface area contributed by atoms with Crippen molar-refractivity contribution in [2.45, 2.75) is 13.0 Å². The molecule has 0 atom stereocenters. The van der Waals surface area contributed by atoms with Gasteiger partial charge in [0.1, 0.15) is 5.82 Å². The summed E-state index contributed by atoms with van der Waals surface area (Å²) in [5.41, 5.74) is 3.69. The summed E-state index contributed by atoms with van der Waals surface area (Å²) in [7, 11) is 0. The monoisotopic (exact) mass is 460 g/mol. The summed E-state index contributed by atoms with van der Waals surface area (Å²) in [4.78, 5) is 8.93. The van der Waals surface area contributed by atoms with Crippen molar-refractivity contribution < 1.29 is 0 Å². The zero-order chi connectivity index (χ0) is 18.8. The van der Waals surface area contributed by atoms with Gasteiger partial charge in [-0.15, -0.1) is 0 Å². The lowest BCUT2D eigenvalue weighted by atomic mass is 10.1. The first-order chi connectivity index (χ1) is 13.1. The number of halogens is 3. The molecule has 0 saturated heterocycles. The van der Waals surface area contributed by atoms with E-state index in [1.54, 1.807) is 6.20 Å². The summed E-state index contributed by atoms with van der Waals surface area (Å²) >= 11 is 16.3. The predicted octanol–water partition coefficient (Wildman–Crippen LogP) is 6.00. The fourth-order valence-corrected chi connectivity index (χ4v) is 3.83. The van der Waals surface area contributed by atoms with E-state index in [1.807, 2.05) is 59.3 Å². The van der Waals surface area contributed by atoms with Crippen LogP contribution >= 0.6 is 39.1 Å². The van der Waals surface area contributed by atoms with Crippen LogP contribution < -0.4 is 5.32 Å². The molecular formula is C20H15BrCl2N4. The zero-order valence-electron chi connectivity index (χ0n) is 14.2. The molecular weight excluding hydrogens is 447 g/mol. The van der Waals surface area contributed by atoms with Crippen LogP contribution in [0.3, 0.4) is 0 Å². The summed E-state index contributed by atoms with van der Waals surface area (Å²) < 4.78 is 2.94. The number of pyridine rings is 1. The molecule has 0 aliphatic rings. The average molecular weight is 462 g/mol. The third kappa shape index (κ3) is 3.95. The minimum atomic E-state index is 0.550. The van der Waals surface area contributed by atoms with E-state index in [-0.39, 0.29) is 0 Å². The van der Waals surface area contributed by atoms with Crippen LogP contribution in [0.2, 0.25) is 10.0 Å². The quantitative estimate of drug-likeness (QED) is 0.396. The van der Waals surface area contributed by atoms with Crippen molar-refractivity contribution in [1.29, 1.82) is 0 Å². The Kier molecular flexibility index (Phi) is 5.34. The van der Waals surface area contributed by atoms with E-state index >= 15 is 0 Å². The van der Waals surface area contributed by atoms with Crippen LogP contribution in [-0.4, -0.2) is 14.4 Å². The number of hydrogen-bond acceptors (Lipinski definition) is 3. The topological polar surface area (TPSA) is 42.2 Å². The molecule has 3 aromatic heterocycles. The first-order valence-corrected chi connectivity index (χ1v) is 9.89. The second-order valence-electron chi connectivity index (χ2n) is 6.08. The maximum absolute atomic E-state index is 6.34. The first kappa shape index (κ1) is 18.3. The summed E-state index contributed by atoms with van der Waals surface area (Å²) in [5, 5.41) is 4.75. The lowest BCUT2D eigenvalue weighted by molar-refractivity contribution is 1.00. The summed E-state index contributed by atoms with van der Waals surface area (Å²) in [5.74, 6) is 0.938. The Hall–Kier alpha value is -2.08. The Morgan fingerprint density at radius 3 is 2.63 bits per heavy atom. The van der Waals surface area contributed by atoms with Crippen molar-refractivity contribution in [3.63, 3.8) is 0 Å². The molecule has 0 saturated carbocycles. The third-order valence-electron chi connectivity index (χ3n) is 4.24. The van der Waals surface area contributed by atoms with Crippen molar-refractivity contribution in [1.82, 2.24) is 14.4 Å². The molecule has 0 amide bonds. The molecule has 4 rings (SSSR count). The average Bonchev–Trinajstić information content (AvgIpc) is 3.05. The third-order valence-corrected chi connectivity index (χ3v) is 5.57. The first-order valence-electron chi connectivity index (χ1n) is 8.34. The van der Waals surface area contributed by atoms with E-state index < -0.39 is 0 Å². The number of anilines is 1. The van der Waals surface area contributed by atoms with Gasteiger partial charge in [-0.05, 0) is 51.3 Å². The van der Waals surface area contributed by atoms with Crippen molar-refractivity contribution in [2.75, 3.05) is 5.32 Å². The molecule has 0 radical (unpaired) electrons. The molecule has 0 bridgehead atoms. The van der Waals surface area contributed by atoms with Crippen LogP contribution in [0.25, 0.3) is 5.65 Å². The molecule has 0 fully saturated rings. The highest BCUT2D eigenvalue weighted by Crippen LogP contribution is 2.29. The molecule has 136 valence electrons. The molecule has 0 spiro atoms. The SMILES string of the molecule is Clc1cccc(Cl)c1Cc1cc(NCc2cccnc2)n2ccc(Br)c2n1. The Bertz CT molecular complexity index is 1080. The highest BCUT2D eigenvalue weighted by atomic mass is 79.9. The molecule has 27 heavy (non-hydrogen) atoms. The normalized spacial score (nSPS) is 11.1. The van der Waals surface area contributed by atoms with E-state index in [4.69, 9.17) is 28.2 Å². The molecule has 1 N–H and O–H groups in total. The number of fused-ring (bicyclic) bond motifs is 1. The van der Waals surface area contributed by atoms with Gasteiger partial charge in [-0.3, -0.25) is 9.38 Å². The van der Waals surface area contributed by atoms with E-state index in [0.717, 1.165) is 32.8 Å². The standard InChI is InChI=1S/C20H15BrCl2N4/c21-16-6-8-27-19(25-12-13-3-2-7-24-11-13)10-14(26-20(16)27)9-15-17(22)4-1-5-18(15)23/h1-8,10-11,25H,9,12H2. The summed E-state index contributed by atoms with van der Waals surface area (Å²) in [6.45, 7) is 0.662. The second-order valence-corrected chi connectivity index (χ2v) is 7.75. The number of nitrogens with one attached hydrogen (secondary N) is 1. The van der Waals surface area contributed by atoms with Gasteiger partial charge in [-0.2, -0.15) is 0 Å². The molecule has 3 heterocycles. The lowest BCUT2D eigenvalue weighted by Crippen LogP contribution is -2.07. The van der Waals surface area contributed by atoms with Gasteiger partial charge in [0.2, 0.25) is 0 Å². The highest BCUT2D eigenvalue weighted by Gasteiger charge is 2.12. The lowest BCUT2D eigenvalue weighted by Gasteiger charge is -2.13. The largest absolute Gasteiger partial charge is 0.367 e. The van der Waals surface area contributed by atoms with Crippen LogP contribution in [-0.2, 0) is 13.0 Å². The minimum absolute atomic E-state index is 0.550. The van der Waals surface area contributed by atoms with Gasteiger partial charge in [-0.25, -0.2) is 4.98 Å². The van der Waals surface area contributed by atoms with E-state index in [0.29, 0.717) is 23.0 Å². The van der Waals surface area contributed by atoms with Crippen LogP contribution in [0, 0.1) is 0 Å². The Labute approximate surface area is 175 Å². The van der Waals surface area contributed by atoms with Gasteiger partial charge < -0.3 is 5.32 Å². The Morgan fingerprint density at radius 2 is 1.89 bits per heavy atom. The molecule has 1 aromatic carbocycles. The smallest absolute Gasteiger partial charge is 0.152 e. The van der Waals surface area contributed by atoms with Crippen LogP contribution in [0.4, 0.5) is 5.82 Å². The van der Waals surface area contributed by atoms with Crippen LogP contribution in [0.15, 0.2) is 65.5 Å². The van der Waals surface area contributed by atoms with Gasteiger partial charge in [0, 0.05) is 47.7 Å². The van der Waals surface area contributed by atoms with Gasteiger partial charge in [0.15, 0.2) is 5.65 Å². The summed E-state index contributed by atoms with van der Waals surface area (Å²) in [6.07, 6.45) is 6.14. The minimum Gasteiger partial charge on any atom is -0.367 e. The number of benzene rings is 1. The van der Waals surface area contributed by atoms with Crippen molar-refractivity contribution in [2.24, 2.45) is 0 Å². The summed E-state index contributed by atoms with van der Waals surface area (Å²) in [6, 6.07) is 13.5. The van der Waals surface area contributed by atoms with E-state index in [2.05, 4.69) is 26.2 Å².